The maximum atomic E-state index is 12.6. The summed E-state index contributed by atoms with van der Waals surface area (Å²) in [5, 5.41) is 2.82. The van der Waals surface area contributed by atoms with E-state index in [0.29, 0.717) is 5.69 Å². The van der Waals surface area contributed by atoms with Gasteiger partial charge in [-0.25, -0.2) is 8.42 Å². The van der Waals surface area contributed by atoms with Crippen molar-refractivity contribution >= 4 is 33.4 Å². The molecule has 3 aromatic rings. The average Bonchev–Trinajstić information content (AvgIpc) is 2.70. The third-order valence-electron chi connectivity index (χ3n) is 3.89. The van der Waals surface area contributed by atoms with Gasteiger partial charge in [0.25, 0.3) is 0 Å². The van der Waals surface area contributed by atoms with Gasteiger partial charge in [0.05, 0.1) is 16.6 Å². The summed E-state index contributed by atoms with van der Waals surface area (Å²) >= 11 is 1.52. The van der Waals surface area contributed by atoms with Gasteiger partial charge in [-0.3, -0.25) is 4.79 Å². The van der Waals surface area contributed by atoms with Crippen molar-refractivity contribution in [1.29, 1.82) is 0 Å². The molecule has 0 spiro atoms. The molecule has 7 heteroatoms. The summed E-state index contributed by atoms with van der Waals surface area (Å²) in [6, 6.07) is 24.3. The van der Waals surface area contributed by atoms with Gasteiger partial charge in [-0.1, -0.05) is 60.3 Å². The molecule has 144 valence electrons. The molecule has 1 atom stereocenters. The van der Waals surface area contributed by atoms with Crippen molar-refractivity contribution in [2.24, 2.45) is 0 Å². The number of amides is 1. The number of hydrogen-bond acceptors (Lipinski definition) is 4. The lowest BCUT2D eigenvalue weighted by Gasteiger charge is -2.16. The van der Waals surface area contributed by atoms with Crippen molar-refractivity contribution in [1.82, 2.24) is 4.72 Å². The molecule has 0 bridgehead atoms. The fraction of sp³-hybridized carbons (Fsp3) is 0.0952. The van der Waals surface area contributed by atoms with E-state index in [1.54, 1.807) is 24.3 Å². The van der Waals surface area contributed by atoms with Crippen molar-refractivity contribution in [3.05, 3.63) is 84.9 Å². The van der Waals surface area contributed by atoms with Crippen molar-refractivity contribution in [2.45, 2.75) is 27.7 Å². The van der Waals surface area contributed by atoms with Crippen LogP contribution in [0.4, 0.5) is 5.69 Å². The molecule has 5 nitrogen and oxygen atoms in total. The Labute approximate surface area is 169 Å². The average molecular weight is 413 g/mol. The molecule has 0 aliphatic rings. The van der Waals surface area contributed by atoms with Crippen molar-refractivity contribution in [2.75, 3.05) is 5.32 Å². The predicted octanol–water partition coefficient (Wildman–Crippen LogP) is 4.14. The normalized spacial score (nSPS) is 12.3. The van der Waals surface area contributed by atoms with Crippen LogP contribution in [-0.4, -0.2) is 20.4 Å². The van der Waals surface area contributed by atoms with Crippen molar-refractivity contribution in [3.63, 3.8) is 0 Å². The van der Waals surface area contributed by atoms with Crippen molar-refractivity contribution in [3.8, 4) is 0 Å². The van der Waals surface area contributed by atoms with E-state index in [9.17, 15) is 13.2 Å². The Hall–Kier alpha value is -2.61. The Kier molecular flexibility index (Phi) is 6.51. The van der Waals surface area contributed by atoms with Crippen LogP contribution in [0, 0.1) is 0 Å². The van der Waals surface area contributed by atoms with Gasteiger partial charge >= 0.3 is 0 Å². The van der Waals surface area contributed by atoms with E-state index < -0.39 is 22.0 Å². The Bertz CT molecular complexity index is 1040. The van der Waals surface area contributed by atoms with E-state index in [0.717, 1.165) is 9.79 Å². The number of carbonyl (C=O) groups is 1. The summed E-state index contributed by atoms with van der Waals surface area (Å²) < 4.78 is 27.2. The number of rotatable bonds is 7. The second-order valence-corrected chi connectivity index (χ2v) is 8.89. The molecule has 0 aromatic heterocycles. The zero-order valence-corrected chi connectivity index (χ0v) is 16.8. The third kappa shape index (κ3) is 5.22. The minimum absolute atomic E-state index is 0.120. The van der Waals surface area contributed by atoms with Crippen LogP contribution in [0.3, 0.4) is 0 Å². The van der Waals surface area contributed by atoms with Gasteiger partial charge < -0.3 is 5.32 Å². The minimum Gasteiger partial charge on any atom is -0.324 e. The monoisotopic (exact) mass is 412 g/mol. The molecule has 0 aliphatic carbocycles. The van der Waals surface area contributed by atoms with Crippen LogP contribution in [-0.2, 0) is 14.8 Å². The van der Waals surface area contributed by atoms with E-state index in [4.69, 9.17) is 0 Å². The second kappa shape index (κ2) is 9.05. The lowest BCUT2D eigenvalue weighted by molar-refractivity contribution is -0.117. The molecule has 0 saturated carbocycles. The van der Waals surface area contributed by atoms with E-state index >= 15 is 0 Å². The Morgan fingerprint density at radius 2 is 1.43 bits per heavy atom. The fourth-order valence-corrected chi connectivity index (χ4v) is 4.62. The highest BCUT2D eigenvalue weighted by Crippen LogP contribution is 2.33. The molecule has 0 unspecified atom stereocenters. The molecular formula is C21H20N2O3S2. The first-order valence-corrected chi connectivity index (χ1v) is 11.0. The summed E-state index contributed by atoms with van der Waals surface area (Å²) in [5.74, 6) is -0.430. The maximum Gasteiger partial charge on any atom is 0.242 e. The highest BCUT2D eigenvalue weighted by molar-refractivity contribution is 7.99. The van der Waals surface area contributed by atoms with Gasteiger partial charge in [-0.2, -0.15) is 4.72 Å². The van der Waals surface area contributed by atoms with Gasteiger partial charge in [0.2, 0.25) is 15.9 Å². The summed E-state index contributed by atoms with van der Waals surface area (Å²) in [6.45, 7) is 1.52. The third-order valence-corrected chi connectivity index (χ3v) is 6.54. The number of anilines is 1. The Morgan fingerprint density at radius 1 is 0.857 bits per heavy atom. The van der Waals surface area contributed by atoms with E-state index in [1.165, 1.54) is 30.8 Å². The predicted molar refractivity (Wildman–Crippen MR) is 112 cm³/mol. The van der Waals surface area contributed by atoms with E-state index in [-0.39, 0.29) is 4.90 Å². The zero-order valence-electron chi connectivity index (χ0n) is 15.2. The summed E-state index contributed by atoms with van der Waals surface area (Å²) in [6.07, 6.45) is 0. The zero-order chi connectivity index (χ0) is 20.0. The SMILES string of the molecule is C[C@H](NS(=O)(=O)c1ccccc1)C(=O)Nc1ccccc1Sc1ccccc1. The minimum atomic E-state index is -3.77. The molecule has 0 heterocycles. The van der Waals surface area contributed by atoms with Crippen LogP contribution in [0.15, 0.2) is 99.6 Å². The quantitative estimate of drug-likeness (QED) is 0.611. The van der Waals surface area contributed by atoms with E-state index in [2.05, 4.69) is 10.0 Å². The van der Waals surface area contributed by atoms with E-state index in [1.807, 2.05) is 48.5 Å². The van der Waals surface area contributed by atoms with Gasteiger partial charge in [0.1, 0.15) is 0 Å². The van der Waals surface area contributed by atoms with Crippen molar-refractivity contribution < 1.29 is 13.2 Å². The number of nitrogens with one attached hydrogen (secondary N) is 2. The maximum absolute atomic E-state index is 12.6. The number of hydrogen-bond donors (Lipinski definition) is 2. The molecule has 0 fully saturated rings. The fourth-order valence-electron chi connectivity index (χ4n) is 2.47. The highest BCUT2D eigenvalue weighted by atomic mass is 32.2. The standard InChI is InChI=1S/C21H20N2O3S2/c1-16(23-28(25,26)18-12-6-3-7-13-18)21(24)22-19-14-8-9-15-20(19)27-17-10-4-2-5-11-17/h2-16,23H,1H3,(H,22,24)/t16-/m0/s1. The molecule has 0 radical (unpaired) electrons. The van der Waals surface area contributed by atoms with Crippen LogP contribution in [0.25, 0.3) is 0 Å². The highest BCUT2D eigenvalue weighted by Gasteiger charge is 2.22. The number of sulfonamides is 1. The van der Waals surface area contributed by atoms with Crippen LogP contribution in [0.1, 0.15) is 6.92 Å². The molecule has 1 amide bonds. The lowest BCUT2D eigenvalue weighted by atomic mass is 10.3. The topological polar surface area (TPSA) is 75.3 Å². The summed E-state index contributed by atoms with van der Waals surface area (Å²) in [7, 11) is -3.77. The molecule has 3 aromatic carbocycles. The Morgan fingerprint density at radius 3 is 2.11 bits per heavy atom. The van der Waals surface area contributed by atoms with Gasteiger partial charge in [0, 0.05) is 9.79 Å². The lowest BCUT2D eigenvalue weighted by Crippen LogP contribution is -2.41. The van der Waals surface area contributed by atoms with Crippen LogP contribution in [0.5, 0.6) is 0 Å². The smallest absolute Gasteiger partial charge is 0.242 e. The molecule has 3 rings (SSSR count). The number of carbonyl (C=O) groups excluding carboxylic acids is 1. The number of para-hydroxylation sites is 1. The molecule has 28 heavy (non-hydrogen) atoms. The number of benzene rings is 3. The first-order chi connectivity index (χ1) is 13.5. The van der Waals surface area contributed by atoms with Gasteiger partial charge in [-0.05, 0) is 43.3 Å². The van der Waals surface area contributed by atoms with Gasteiger partial charge in [-0.15, -0.1) is 0 Å². The molecule has 2 N–H and O–H groups in total. The summed E-state index contributed by atoms with van der Waals surface area (Å²) in [4.78, 5) is 14.6. The summed E-state index contributed by atoms with van der Waals surface area (Å²) in [5.41, 5.74) is 0.632. The molecular weight excluding hydrogens is 392 g/mol. The van der Waals surface area contributed by atoms with Gasteiger partial charge in [0.15, 0.2) is 0 Å². The largest absolute Gasteiger partial charge is 0.324 e. The molecule has 0 saturated heterocycles. The first-order valence-electron chi connectivity index (χ1n) is 8.66. The Balaban J connectivity index is 1.71. The van der Waals surface area contributed by atoms with Crippen LogP contribution in [0.2, 0.25) is 0 Å². The molecule has 0 aliphatic heterocycles. The first kappa shape index (κ1) is 20.1. The van der Waals surface area contributed by atoms with Crippen LogP contribution < -0.4 is 10.0 Å². The second-order valence-electron chi connectivity index (χ2n) is 6.06. The van der Waals surface area contributed by atoms with Crippen LogP contribution >= 0.6 is 11.8 Å².